The van der Waals surface area contributed by atoms with Crippen LogP contribution in [-0.2, 0) is 9.59 Å². The van der Waals surface area contributed by atoms with E-state index in [1.807, 2.05) is 0 Å². The van der Waals surface area contributed by atoms with Crippen molar-refractivity contribution in [3.63, 3.8) is 0 Å². The van der Waals surface area contributed by atoms with Crippen LogP contribution in [0, 0.1) is 5.41 Å². The number of hydrogen-bond acceptors (Lipinski definition) is 4. The van der Waals surface area contributed by atoms with Crippen molar-refractivity contribution in [3.8, 4) is 0 Å². The van der Waals surface area contributed by atoms with Crippen molar-refractivity contribution in [2.24, 2.45) is 5.41 Å². The summed E-state index contributed by atoms with van der Waals surface area (Å²) in [4.78, 5) is 35.5. The van der Waals surface area contributed by atoms with Crippen LogP contribution in [0.5, 0.6) is 0 Å². The molecule has 1 atom stereocenters. The monoisotopic (exact) mass is 322 g/mol. The number of carboxylic acid groups (broad SMARTS) is 1. The first kappa shape index (κ1) is 17.1. The van der Waals surface area contributed by atoms with Gasteiger partial charge in [-0.2, -0.15) is 0 Å². The molecular weight excluding hydrogens is 300 g/mol. The Morgan fingerprint density at radius 3 is 2.57 bits per heavy atom. The van der Waals surface area contributed by atoms with Gasteiger partial charge in [-0.1, -0.05) is 19.3 Å². The van der Waals surface area contributed by atoms with Gasteiger partial charge in [-0.3, -0.25) is 14.4 Å². The van der Waals surface area contributed by atoms with Gasteiger partial charge in [-0.25, -0.2) is 0 Å². The van der Waals surface area contributed by atoms with E-state index < -0.39 is 29.2 Å². The molecule has 1 unspecified atom stereocenters. The van der Waals surface area contributed by atoms with Gasteiger partial charge >= 0.3 is 5.97 Å². The molecule has 2 rings (SSSR count). The maximum Gasteiger partial charge on any atom is 0.311 e. The van der Waals surface area contributed by atoms with E-state index >= 15 is 0 Å². The van der Waals surface area contributed by atoms with Gasteiger partial charge in [0, 0.05) is 6.54 Å². The summed E-state index contributed by atoms with van der Waals surface area (Å²) in [6.45, 7) is 1.63. The number of furan rings is 1. The van der Waals surface area contributed by atoms with Gasteiger partial charge in [0.2, 0.25) is 5.91 Å². The number of carbonyl (C=O) groups excluding carboxylic acids is 2. The van der Waals surface area contributed by atoms with Crippen LogP contribution in [-0.4, -0.2) is 35.5 Å². The predicted octanol–water partition coefficient (Wildman–Crippen LogP) is 1.55. The molecule has 1 fully saturated rings. The number of carboxylic acids is 1. The first-order valence-corrected chi connectivity index (χ1v) is 7.80. The van der Waals surface area contributed by atoms with Crippen LogP contribution in [0.25, 0.3) is 0 Å². The second kappa shape index (κ2) is 7.30. The normalized spacial score (nSPS) is 18.0. The minimum absolute atomic E-state index is 0.0854. The van der Waals surface area contributed by atoms with Crippen molar-refractivity contribution < 1.29 is 23.9 Å². The van der Waals surface area contributed by atoms with E-state index in [9.17, 15) is 19.5 Å². The summed E-state index contributed by atoms with van der Waals surface area (Å²) < 4.78 is 4.96. The fraction of sp³-hybridized carbons (Fsp3) is 0.562. The Morgan fingerprint density at radius 2 is 2.00 bits per heavy atom. The first-order valence-electron chi connectivity index (χ1n) is 7.80. The van der Waals surface area contributed by atoms with Crippen LogP contribution in [0.2, 0.25) is 0 Å². The first-order chi connectivity index (χ1) is 10.9. The zero-order valence-electron chi connectivity index (χ0n) is 13.1. The summed E-state index contributed by atoms with van der Waals surface area (Å²) in [5.74, 6) is -1.64. The molecule has 1 saturated carbocycles. The highest BCUT2D eigenvalue weighted by atomic mass is 16.4. The average Bonchev–Trinajstić information content (AvgIpc) is 3.07. The molecule has 3 N–H and O–H groups in total. The largest absolute Gasteiger partial charge is 0.481 e. The second-order valence-electron chi connectivity index (χ2n) is 6.04. The number of carbonyl (C=O) groups is 3. The van der Waals surface area contributed by atoms with Gasteiger partial charge in [0.05, 0.1) is 11.7 Å². The van der Waals surface area contributed by atoms with Crippen molar-refractivity contribution in [2.45, 2.75) is 45.1 Å². The molecule has 23 heavy (non-hydrogen) atoms. The Morgan fingerprint density at radius 1 is 1.30 bits per heavy atom. The zero-order valence-corrected chi connectivity index (χ0v) is 13.1. The maximum absolute atomic E-state index is 12.1. The summed E-state index contributed by atoms with van der Waals surface area (Å²) in [6.07, 6.45) is 5.24. The van der Waals surface area contributed by atoms with Crippen LogP contribution >= 0.6 is 0 Å². The van der Waals surface area contributed by atoms with E-state index in [1.165, 1.54) is 12.3 Å². The van der Waals surface area contributed by atoms with Gasteiger partial charge in [-0.15, -0.1) is 0 Å². The highest BCUT2D eigenvalue weighted by Gasteiger charge is 2.40. The minimum atomic E-state index is -0.890. The lowest BCUT2D eigenvalue weighted by atomic mass is 9.74. The molecule has 0 aromatic carbocycles. The van der Waals surface area contributed by atoms with Gasteiger partial charge in [0.1, 0.15) is 6.04 Å². The molecule has 0 aliphatic heterocycles. The fourth-order valence-corrected chi connectivity index (χ4v) is 2.85. The molecule has 1 aromatic heterocycles. The topological polar surface area (TPSA) is 109 Å². The Bertz CT molecular complexity index is 561. The Labute approximate surface area is 134 Å². The van der Waals surface area contributed by atoms with E-state index in [1.54, 1.807) is 13.0 Å². The van der Waals surface area contributed by atoms with Crippen molar-refractivity contribution in [1.29, 1.82) is 0 Å². The molecule has 1 aliphatic rings. The Balaban J connectivity index is 1.87. The molecule has 7 nitrogen and oxygen atoms in total. The summed E-state index contributed by atoms with van der Waals surface area (Å²) in [6, 6.07) is 2.31. The fourth-order valence-electron chi connectivity index (χ4n) is 2.85. The smallest absolute Gasteiger partial charge is 0.311 e. The van der Waals surface area contributed by atoms with E-state index in [0.717, 1.165) is 19.3 Å². The van der Waals surface area contributed by atoms with Crippen LogP contribution in [0.4, 0.5) is 0 Å². The second-order valence-corrected chi connectivity index (χ2v) is 6.04. The summed E-state index contributed by atoms with van der Waals surface area (Å²) in [5.41, 5.74) is -0.890. The zero-order chi connectivity index (χ0) is 16.9. The quantitative estimate of drug-likeness (QED) is 0.736. The molecule has 7 heteroatoms. The highest BCUT2D eigenvalue weighted by Crippen LogP contribution is 2.35. The predicted molar refractivity (Wildman–Crippen MR) is 81.8 cm³/mol. The average molecular weight is 322 g/mol. The van der Waals surface area contributed by atoms with Crippen LogP contribution < -0.4 is 10.6 Å². The van der Waals surface area contributed by atoms with E-state index in [2.05, 4.69) is 10.6 Å². The van der Waals surface area contributed by atoms with Crippen LogP contribution in [0.3, 0.4) is 0 Å². The van der Waals surface area contributed by atoms with Crippen LogP contribution in [0.15, 0.2) is 22.8 Å². The number of nitrogens with one attached hydrogen (secondary N) is 2. The molecular formula is C16H22N2O5. The van der Waals surface area contributed by atoms with E-state index in [-0.39, 0.29) is 12.3 Å². The minimum Gasteiger partial charge on any atom is -0.481 e. The molecule has 1 heterocycles. The summed E-state index contributed by atoms with van der Waals surface area (Å²) in [5, 5.41) is 14.7. The lowest BCUT2D eigenvalue weighted by Gasteiger charge is -2.33. The number of aliphatic carboxylic acids is 1. The maximum atomic E-state index is 12.1. The van der Waals surface area contributed by atoms with Crippen molar-refractivity contribution in [1.82, 2.24) is 10.6 Å². The van der Waals surface area contributed by atoms with Gasteiger partial charge in [-0.05, 0) is 31.9 Å². The molecule has 126 valence electrons. The number of amides is 2. The molecule has 1 aliphatic carbocycles. The molecule has 2 amide bonds. The van der Waals surface area contributed by atoms with Gasteiger partial charge in [0.25, 0.3) is 5.91 Å². The highest BCUT2D eigenvalue weighted by molar-refractivity contribution is 5.95. The van der Waals surface area contributed by atoms with Gasteiger partial charge < -0.3 is 20.2 Å². The SMILES string of the molecule is CC(NC(=O)c1ccco1)C(=O)NCC1(C(=O)O)CCCCC1. The Kier molecular flexibility index (Phi) is 5.41. The van der Waals surface area contributed by atoms with Crippen molar-refractivity contribution in [2.75, 3.05) is 6.54 Å². The number of rotatable bonds is 6. The molecule has 0 radical (unpaired) electrons. The number of hydrogen-bond donors (Lipinski definition) is 3. The van der Waals surface area contributed by atoms with Gasteiger partial charge in [0.15, 0.2) is 5.76 Å². The van der Waals surface area contributed by atoms with Crippen LogP contribution in [0.1, 0.15) is 49.6 Å². The lowest BCUT2D eigenvalue weighted by Crippen LogP contribution is -2.50. The van der Waals surface area contributed by atoms with Crippen molar-refractivity contribution >= 4 is 17.8 Å². The van der Waals surface area contributed by atoms with Crippen molar-refractivity contribution in [3.05, 3.63) is 24.2 Å². The summed E-state index contributed by atoms with van der Waals surface area (Å²) in [7, 11) is 0. The lowest BCUT2D eigenvalue weighted by molar-refractivity contribution is -0.151. The third-order valence-electron chi connectivity index (χ3n) is 4.35. The third kappa shape index (κ3) is 4.12. The van der Waals surface area contributed by atoms with E-state index in [0.29, 0.717) is 12.8 Å². The third-order valence-corrected chi connectivity index (χ3v) is 4.35. The Hall–Kier alpha value is -2.31. The standard InChI is InChI=1S/C16H22N2O5/c1-11(18-14(20)12-6-5-9-23-12)13(19)17-10-16(15(21)22)7-3-2-4-8-16/h5-6,9,11H,2-4,7-8,10H2,1H3,(H,17,19)(H,18,20)(H,21,22). The molecule has 0 bridgehead atoms. The van der Waals surface area contributed by atoms with E-state index in [4.69, 9.17) is 4.42 Å². The molecule has 1 aromatic rings. The molecule has 0 saturated heterocycles. The summed E-state index contributed by atoms with van der Waals surface area (Å²) >= 11 is 0. The molecule has 0 spiro atoms.